The van der Waals surface area contributed by atoms with Crippen LogP contribution in [0.5, 0.6) is 0 Å². The summed E-state index contributed by atoms with van der Waals surface area (Å²) in [6.07, 6.45) is 2.23. The van der Waals surface area contributed by atoms with E-state index in [1.807, 2.05) is 0 Å². The number of carbonyl (C=O) groups excluding carboxylic acids is 1. The van der Waals surface area contributed by atoms with Crippen LogP contribution in [0.1, 0.15) is 48.0 Å². The summed E-state index contributed by atoms with van der Waals surface area (Å²) in [6.45, 7) is 6.23. The molecule has 210 valence electrons. The largest absolute Gasteiger partial charge is 0.419 e. The highest BCUT2D eigenvalue weighted by Crippen LogP contribution is 2.43. The molecule has 2 atom stereocenters. The average Bonchev–Trinajstić information content (AvgIpc) is 3.16. The number of carbonyl (C=O) groups is 1. The molecule has 3 aliphatic heterocycles. The number of anilines is 1. The maximum atomic E-state index is 14.1. The summed E-state index contributed by atoms with van der Waals surface area (Å²) >= 11 is 0. The molecular weight excluding hydrogens is 528 g/mol. The molecule has 0 aliphatic carbocycles. The van der Waals surface area contributed by atoms with Crippen molar-refractivity contribution in [1.82, 2.24) is 24.8 Å². The van der Waals surface area contributed by atoms with Crippen molar-refractivity contribution in [2.24, 2.45) is 0 Å². The van der Waals surface area contributed by atoms with Crippen LogP contribution < -0.4 is 10.6 Å². The molecule has 1 saturated heterocycles. The van der Waals surface area contributed by atoms with E-state index in [9.17, 15) is 22.5 Å². The molecule has 0 radical (unpaired) electrons. The first-order valence-electron chi connectivity index (χ1n) is 13.3. The van der Waals surface area contributed by atoms with Crippen LogP contribution in [-0.4, -0.2) is 83.3 Å². The molecule has 12 heteroatoms. The van der Waals surface area contributed by atoms with Gasteiger partial charge in [0.2, 0.25) is 5.95 Å². The van der Waals surface area contributed by atoms with Crippen molar-refractivity contribution in [3.8, 4) is 11.3 Å². The van der Waals surface area contributed by atoms with Crippen LogP contribution >= 0.6 is 7.14 Å². The van der Waals surface area contributed by atoms with Crippen molar-refractivity contribution in [2.75, 3.05) is 51.9 Å². The van der Waals surface area contributed by atoms with Gasteiger partial charge in [-0.25, -0.2) is 9.97 Å². The van der Waals surface area contributed by atoms with Gasteiger partial charge in [-0.3, -0.25) is 4.79 Å². The number of aromatic amines is 1. The Bertz CT molecular complexity index is 1430. The summed E-state index contributed by atoms with van der Waals surface area (Å²) in [5, 5.41) is 4.06. The molecule has 1 amide bonds. The second-order valence-electron chi connectivity index (χ2n) is 11.0. The van der Waals surface area contributed by atoms with Crippen LogP contribution in [0.3, 0.4) is 0 Å². The van der Waals surface area contributed by atoms with E-state index in [2.05, 4.69) is 25.2 Å². The summed E-state index contributed by atoms with van der Waals surface area (Å²) < 4.78 is 55.9. The standard InChI is InChI=1S/C27H34F3N6O2P/c1-35-11-6-7-13-36-12-5-4-8-17(16-36)33-26-32-15-21(27(28,29)30)22(34-26)20-14-31-23-18(20)9-10-19(25(35)37)24(23)39(2,3)38/h9-10,14-15,17,31H,4-8,11-13,16H2,1-3H3,(H,32,33,34)/t17-/m0/s1. The fraction of sp³-hybridized carbons (Fsp3) is 0.519. The van der Waals surface area contributed by atoms with Crippen LogP contribution in [-0.2, 0) is 10.7 Å². The molecule has 2 N–H and O–H groups in total. The first kappa shape index (κ1) is 27.6. The highest BCUT2D eigenvalue weighted by atomic mass is 31.2. The van der Waals surface area contributed by atoms with E-state index >= 15 is 0 Å². The molecule has 1 fully saturated rings. The topological polar surface area (TPSA) is 94.2 Å². The molecule has 39 heavy (non-hydrogen) atoms. The SMILES string of the molecule is CN1CCCCN2CCCC[C@@H](C2)Nc2ncc(C(F)(F)F)c(n2)-c2c[nH]c3c(P(C)(C)=O)c(ccc23)C1=O. The molecule has 3 aliphatic rings. The molecule has 0 spiro atoms. The Morgan fingerprint density at radius 2 is 1.77 bits per heavy atom. The van der Waals surface area contributed by atoms with Crippen molar-refractivity contribution in [2.45, 2.75) is 44.3 Å². The van der Waals surface area contributed by atoms with Gasteiger partial charge >= 0.3 is 6.18 Å². The Balaban J connectivity index is 1.72. The maximum Gasteiger partial charge on any atom is 0.419 e. The van der Waals surface area contributed by atoms with Gasteiger partial charge < -0.3 is 24.7 Å². The van der Waals surface area contributed by atoms with Gasteiger partial charge in [0.15, 0.2) is 0 Å². The zero-order valence-corrected chi connectivity index (χ0v) is 23.3. The fourth-order valence-electron chi connectivity index (χ4n) is 5.69. The van der Waals surface area contributed by atoms with E-state index in [-0.39, 0.29) is 29.2 Å². The maximum absolute atomic E-state index is 14.1. The molecule has 1 unspecified atom stereocenters. The molecule has 2 aromatic heterocycles. The van der Waals surface area contributed by atoms with E-state index in [4.69, 9.17) is 0 Å². The lowest BCUT2D eigenvalue weighted by Crippen LogP contribution is -2.37. The predicted octanol–water partition coefficient (Wildman–Crippen LogP) is 5.02. The molecular formula is C27H34F3N6O2P. The van der Waals surface area contributed by atoms with Crippen LogP contribution in [0.25, 0.3) is 22.2 Å². The van der Waals surface area contributed by atoms with Gasteiger partial charge in [-0.15, -0.1) is 0 Å². The van der Waals surface area contributed by atoms with Crippen molar-refractivity contribution in [3.63, 3.8) is 0 Å². The van der Waals surface area contributed by atoms with Gasteiger partial charge in [0.05, 0.1) is 16.8 Å². The van der Waals surface area contributed by atoms with Crippen LogP contribution in [0.4, 0.5) is 19.1 Å². The smallest absolute Gasteiger partial charge is 0.360 e. The van der Waals surface area contributed by atoms with Gasteiger partial charge in [0.1, 0.15) is 12.7 Å². The number of alkyl halides is 3. The summed E-state index contributed by atoms with van der Waals surface area (Å²) in [5.74, 6) is -0.113. The number of hydrogen-bond acceptors (Lipinski definition) is 6. The average molecular weight is 563 g/mol. The second kappa shape index (κ2) is 10.6. The Morgan fingerprint density at radius 1 is 1.05 bits per heavy atom. The van der Waals surface area contributed by atoms with Crippen molar-refractivity contribution < 1.29 is 22.5 Å². The van der Waals surface area contributed by atoms with E-state index in [1.54, 1.807) is 37.4 Å². The van der Waals surface area contributed by atoms with E-state index in [1.165, 1.54) is 6.20 Å². The van der Waals surface area contributed by atoms with Crippen LogP contribution in [0.15, 0.2) is 24.5 Å². The number of rotatable bonds is 1. The number of fused-ring (bicyclic) bond motifs is 6. The van der Waals surface area contributed by atoms with E-state index in [0.717, 1.165) is 57.9 Å². The molecule has 8 nitrogen and oxygen atoms in total. The number of nitrogens with zero attached hydrogens (tertiary/aromatic N) is 4. The second-order valence-corrected chi connectivity index (χ2v) is 14.1. The lowest BCUT2D eigenvalue weighted by Gasteiger charge is -2.26. The molecule has 6 rings (SSSR count). The van der Waals surface area contributed by atoms with Gasteiger partial charge in [0, 0.05) is 54.8 Å². The van der Waals surface area contributed by atoms with E-state index < -0.39 is 18.9 Å². The van der Waals surface area contributed by atoms with Gasteiger partial charge in [-0.1, -0.05) is 12.5 Å². The Kier molecular flexibility index (Phi) is 7.50. The molecule has 3 aromatic rings. The van der Waals surface area contributed by atoms with Crippen molar-refractivity contribution in [3.05, 3.63) is 35.7 Å². The number of benzene rings is 1. The number of nitrogens with one attached hydrogen (secondary N) is 2. The third kappa shape index (κ3) is 5.70. The summed E-state index contributed by atoms with van der Waals surface area (Å²) in [6, 6.07) is 3.19. The van der Waals surface area contributed by atoms with Gasteiger partial charge in [-0.05, 0) is 58.2 Å². The van der Waals surface area contributed by atoms with Gasteiger partial charge in [0.25, 0.3) is 5.91 Å². The summed E-state index contributed by atoms with van der Waals surface area (Å²) in [4.78, 5) is 29.0. The van der Waals surface area contributed by atoms with Crippen molar-refractivity contribution in [1.29, 1.82) is 0 Å². The molecule has 1 aromatic carbocycles. The zero-order chi connectivity index (χ0) is 27.9. The summed E-state index contributed by atoms with van der Waals surface area (Å²) in [7, 11) is -1.30. The fourth-order valence-corrected chi connectivity index (χ4v) is 7.17. The zero-order valence-electron chi connectivity index (χ0n) is 22.4. The number of halogens is 3. The molecule has 5 heterocycles. The number of H-pyrrole nitrogens is 1. The molecule has 0 saturated carbocycles. The first-order chi connectivity index (χ1) is 18.4. The highest BCUT2D eigenvalue weighted by Gasteiger charge is 2.37. The first-order valence-corrected chi connectivity index (χ1v) is 15.9. The van der Waals surface area contributed by atoms with E-state index in [0.29, 0.717) is 28.3 Å². The number of hydrogen-bond donors (Lipinski definition) is 2. The lowest BCUT2D eigenvalue weighted by atomic mass is 10.0. The quantitative estimate of drug-likeness (QED) is 0.405. The van der Waals surface area contributed by atoms with Gasteiger partial charge in [-0.2, -0.15) is 13.2 Å². The number of aromatic nitrogens is 3. The van der Waals surface area contributed by atoms with Crippen LogP contribution in [0, 0.1) is 0 Å². The Labute approximate surface area is 225 Å². The minimum absolute atomic E-state index is 0.00316. The number of amides is 1. The normalized spacial score (nSPS) is 21.5. The minimum atomic E-state index is -4.68. The lowest BCUT2D eigenvalue weighted by molar-refractivity contribution is -0.137. The molecule has 8 bridgehead atoms. The minimum Gasteiger partial charge on any atom is -0.360 e. The Morgan fingerprint density at radius 3 is 2.49 bits per heavy atom. The Hall–Kier alpha value is -2.91. The highest BCUT2D eigenvalue weighted by molar-refractivity contribution is 7.70. The van der Waals surface area contributed by atoms with Crippen molar-refractivity contribution >= 4 is 35.2 Å². The van der Waals surface area contributed by atoms with Crippen LogP contribution in [0.2, 0.25) is 0 Å². The predicted molar refractivity (Wildman–Crippen MR) is 147 cm³/mol. The third-order valence-corrected chi connectivity index (χ3v) is 9.14. The monoisotopic (exact) mass is 562 g/mol. The third-order valence-electron chi connectivity index (χ3n) is 7.60. The summed E-state index contributed by atoms with van der Waals surface area (Å²) in [5.41, 5.74) is -0.317.